The van der Waals surface area contributed by atoms with Gasteiger partial charge in [-0.2, -0.15) is 0 Å². The van der Waals surface area contributed by atoms with Gasteiger partial charge in [-0.3, -0.25) is 0 Å². The molecular formula is C25H42. The SMILES string of the molecule is C=CC1CCC(C=CC2CCC(C3CCC(CCC)CC3)CC2)CC1. The molecule has 142 valence electrons. The van der Waals surface area contributed by atoms with E-state index in [1.165, 1.54) is 77.0 Å². The molecule has 0 heteroatoms. The molecule has 0 aliphatic heterocycles. The predicted octanol–water partition coefficient (Wildman–Crippen LogP) is 7.95. The van der Waals surface area contributed by atoms with E-state index >= 15 is 0 Å². The summed E-state index contributed by atoms with van der Waals surface area (Å²) < 4.78 is 0. The highest BCUT2D eigenvalue weighted by Gasteiger charge is 2.30. The average molecular weight is 343 g/mol. The molecule has 3 aliphatic carbocycles. The molecule has 0 nitrogen and oxygen atoms in total. The molecule has 3 fully saturated rings. The molecule has 0 saturated heterocycles. The lowest BCUT2D eigenvalue weighted by Crippen LogP contribution is -2.25. The number of hydrogen-bond donors (Lipinski definition) is 0. The van der Waals surface area contributed by atoms with Crippen molar-refractivity contribution in [3.8, 4) is 0 Å². The van der Waals surface area contributed by atoms with Gasteiger partial charge >= 0.3 is 0 Å². The van der Waals surface area contributed by atoms with E-state index in [0.29, 0.717) is 0 Å². The Labute approximate surface area is 157 Å². The smallest absolute Gasteiger partial charge is 0.0233 e. The summed E-state index contributed by atoms with van der Waals surface area (Å²) in [6.07, 6.45) is 27.9. The Balaban J connectivity index is 1.35. The van der Waals surface area contributed by atoms with Crippen LogP contribution >= 0.6 is 0 Å². The zero-order valence-electron chi connectivity index (χ0n) is 16.8. The molecule has 25 heavy (non-hydrogen) atoms. The predicted molar refractivity (Wildman–Crippen MR) is 111 cm³/mol. The van der Waals surface area contributed by atoms with Crippen molar-refractivity contribution < 1.29 is 0 Å². The fourth-order valence-corrected chi connectivity index (χ4v) is 6.05. The highest BCUT2D eigenvalue weighted by atomic mass is 14.4. The van der Waals surface area contributed by atoms with Gasteiger partial charge in [0, 0.05) is 0 Å². The van der Waals surface area contributed by atoms with Gasteiger partial charge in [0.15, 0.2) is 0 Å². The largest absolute Gasteiger partial charge is 0.103 e. The van der Waals surface area contributed by atoms with Crippen molar-refractivity contribution in [3.63, 3.8) is 0 Å². The summed E-state index contributed by atoms with van der Waals surface area (Å²) in [6, 6.07) is 0. The highest BCUT2D eigenvalue weighted by Crippen LogP contribution is 2.42. The third-order valence-electron chi connectivity index (χ3n) is 7.88. The van der Waals surface area contributed by atoms with E-state index in [2.05, 4.69) is 31.7 Å². The van der Waals surface area contributed by atoms with Gasteiger partial charge in [-0.05, 0) is 99.7 Å². The summed E-state index contributed by atoms with van der Waals surface area (Å²) in [5.74, 6) is 5.76. The van der Waals surface area contributed by atoms with E-state index < -0.39 is 0 Å². The molecule has 0 amide bonds. The van der Waals surface area contributed by atoms with Crippen molar-refractivity contribution in [1.29, 1.82) is 0 Å². The summed E-state index contributed by atoms with van der Waals surface area (Å²) in [4.78, 5) is 0. The molecule has 0 aromatic carbocycles. The molecule has 0 N–H and O–H groups in total. The van der Waals surface area contributed by atoms with Crippen LogP contribution in [0, 0.1) is 35.5 Å². The topological polar surface area (TPSA) is 0 Å². The number of rotatable bonds is 6. The van der Waals surface area contributed by atoms with Gasteiger partial charge in [0.1, 0.15) is 0 Å². The minimum atomic E-state index is 0.799. The molecule has 3 aliphatic rings. The lowest BCUT2D eigenvalue weighted by atomic mass is 9.68. The maximum Gasteiger partial charge on any atom is -0.0233 e. The van der Waals surface area contributed by atoms with Crippen LogP contribution in [-0.2, 0) is 0 Å². The first-order valence-corrected chi connectivity index (χ1v) is 11.6. The molecule has 0 unspecified atom stereocenters. The Morgan fingerprint density at radius 2 is 1.08 bits per heavy atom. The zero-order chi connectivity index (χ0) is 17.5. The molecule has 0 atom stereocenters. The van der Waals surface area contributed by atoms with Crippen LogP contribution < -0.4 is 0 Å². The van der Waals surface area contributed by atoms with Crippen molar-refractivity contribution in [2.45, 2.75) is 96.8 Å². The van der Waals surface area contributed by atoms with E-state index in [1.807, 2.05) is 0 Å². The van der Waals surface area contributed by atoms with Gasteiger partial charge in [-0.1, -0.05) is 50.8 Å². The lowest BCUT2D eigenvalue weighted by Gasteiger charge is -2.37. The first-order chi connectivity index (χ1) is 12.3. The molecule has 3 rings (SSSR count). The number of hydrogen-bond acceptors (Lipinski definition) is 0. The Hall–Kier alpha value is -0.520. The molecule has 3 saturated carbocycles. The third kappa shape index (κ3) is 5.73. The highest BCUT2D eigenvalue weighted by molar-refractivity contribution is 4.98. The summed E-state index contributed by atoms with van der Waals surface area (Å²) in [5.41, 5.74) is 0. The van der Waals surface area contributed by atoms with Gasteiger partial charge < -0.3 is 0 Å². The Kier molecular flexibility index (Phi) is 7.68. The second kappa shape index (κ2) is 9.98. The van der Waals surface area contributed by atoms with Crippen molar-refractivity contribution in [1.82, 2.24) is 0 Å². The normalized spacial score (nSPS) is 40.2. The Bertz CT molecular complexity index is 396. The van der Waals surface area contributed by atoms with Crippen LogP contribution in [0.2, 0.25) is 0 Å². The Morgan fingerprint density at radius 1 is 0.640 bits per heavy atom. The van der Waals surface area contributed by atoms with Crippen LogP contribution in [0.1, 0.15) is 96.8 Å². The summed E-state index contributed by atoms with van der Waals surface area (Å²) in [6.45, 7) is 6.32. The van der Waals surface area contributed by atoms with Crippen molar-refractivity contribution in [2.24, 2.45) is 35.5 Å². The van der Waals surface area contributed by atoms with Crippen molar-refractivity contribution in [3.05, 3.63) is 24.8 Å². The standard InChI is InChI=1S/C25H42/c1-3-5-21-12-16-24(17-13-21)25-18-14-23(15-19-25)11-10-22-8-6-20(4-2)7-9-22/h4,10-11,20-25H,2-3,5-9,12-19H2,1H3. The van der Waals surface area contributed by atoms with Gasteiger partial charge in [0.05, 0.1) is 0 Å². The van der Waals surface area contributed by atoms with Crippen LogP contribution in [0.4, 0.5) is 0 Å². The monoisotopic (exact) mass is 342 g/mol. The van der Waals surface area contributed by atoms with Gasteiger partial charge in [0.25, 0.3) is 0 Å². The lowest BCUT2D eigenvalue weighted by molar-refractivity contribution is 0.152. The Morgan fingerprint density at radius 3 is 1.56 bits per heavy atom. The van der Waals surface area contributed by atoms with Crippen LogP contribution in [0.15, 0.2) is 24.8 Å². The van der Waals surface area contributed by atoms with E-state index in [4.69, 9.17) is 0 Å². The van der Waals surface area contributed by atoms with Gasteiger partial charge in [-0.15, -0.1) is 6.58 Å². The fourth-order valence-electron chi connectivity index (χ4n) is 6.05. The second-order valence-corrected chi connectivity index (χ2v) is 9.54. The van der Waals surface area contributed by atoms with Gasteiger partial charge in [-0.25, -0.2) is 0 Å². The molecule has 0 aromatic rings. The van der Waals surface area contributed by atoms with E-state index in [9.17, 15) is 0 Å². The molecule has 0 spiro atoms. The molecule has 0 radical (unpaired) electrons. The average Bonchev–Trinajstić information content (AvgIpc) is 2.68. The fraction of sp³-hybridized carbons (Fsp3) is 0.840. The first-order valence-electron chi connectivity index (χ1n) is 11.6. The maximum absolute atomic E-state index is 3.97. The summed E-state index contributed by atoms with van der Waals surface area (Å²) in [5, 5.41) is 0. The van der Waals surface area contributed by atoms with Crippen LogP contribution in [-0.4, -0.2) is 0 Å². The van der Waals surface area contributed by atoms with Crippen molar-refractivity contribution >= 4 is 0 Å². The van der Waals surface area contributed by atoms with Crippen LogP contribution in [0.3, 0.4) is 0 Å². The minimum absolute atomic E-state index is 0.799. The molecular weight excluding hydrogens is 300 g/mol. The van der Waals surface area contributed by atoms with Crippen LogP contribution in [0.5, 0.6) is 0 Å². The number of allylic oxidation sites excluding steroid dienone is 3. The van der Waals surface area contributed by atoms with E-state index in [1.54, 1.807) is 12.8 Å². The molecule has 0 bridgehead atoms. The third-order valence-corrected chi connectivity index (χ3v) is 7.88. The summed E-state index contributed by atoms with van der Waals surface area (Å²) in [7, 11) is 0. The minimum Gasteiger partial charge on any atom is -0.103 e. The molecule has 0 aromatic heterocycles. The van der Waals surface area contributed by atoms with Gasteiger partial charge in [0.2, 0.25) is 0 Å². The maximum atomic E-state index is 3.97. The summed E-state index contributed by atoms with van der Waals surface area (Å²) >= 11 is 0. The van der Waals surface area contributed by atoms with E-state index in [0.717, 1.165) is 35.5 Å². The van der Waals surface area contributed by atoms with Crippen molar-refractivity contribution in [2.75, 3.05) is 0 Å². The van der Waals surface area contributed by atoms with E-state index in [-0.39, 0.29) is 0 Å². The quantitative estimate of drug-likeness (QED) is 0.430. The first kappa shape index (κ1) is 19.2. The second-order valence-electron chi connectivity index (χ2n) is 9.54. The van der Waals surface area contributed by atoms with Crippen LogP contribution in [0.25, 0.3) is 0 Å². The zero-order valence-corrected chi connectivity index (χ0v) is 16.8. The molecule has 0 heterocycles.